The third-order valence-electron chi connectivity index (χ3n) is 10.7. The number of furan rings is 1. The minimum absolute atomic E-state index is 0.0296. The van der Waals surface area contributed by atoms with Crippen LogP contribution in [0, 0.1) is 5.92 Å². The van der Waals surface area contributed by atoms with Gasteiger partial charge < -0.3 is 39.7 Å². The van der Waals surface area contributed by atoms with Gasteiger partial charge in [0.05, 0.1) is 44.1 Å². The summed E-state index contributed by atoms with van der Waals surface area (Å²) in [6.45, 7) is 5.36. The van der Waals surface area contributed by atoms with E-state index in [4.69, 9.17) is 13.9 Å². The highest BCUT2D eigenvalue weighted by Crippen LogP contribution is 2.28. The molecule has 0 aliphatic carbocycles. The highest BCUT2D eigenvalue weighted by molar-refractivity contribution is 5.94. The molecule has 0 spiro atoms. The zero-order valence-corrected chi connectivity index (χ0v) is 33.1. The van der Waals surface area contributed by atoms with E-state index in [0.29, 0.717) is 60.0 Å². The molecule has 1 aliphatic rings. The lowest BCUT2D eigenvalue weighted by atomic mass is 9.97. The number of unbranched alkanes of at least 4 members (excludes halogenated alkanes) is 3. The first-order valence-corrected chi connectivity index (χ1v) is 20.5. The zero-order valence-electron chi connectivity index (χ0n) is 33.1. The number of nitrogens with zero attached hydrogens (tertiary/aromatic N) is 1. The van der Waals surface area contributed by atoms with Crippen LogP contribution in [0.1, 0.15) is 83.9 Å². The van der Waals surface area contributed by atoms with Crippen molar-refractivity contribution in [3.8, 4) is 11.5 Å². The number of carbonyl (C=O) groups is 2. The summed E-state index contributed by atoms with van der Waals surface area (Å²) in [6.07, 6.45) is 8.44. The number of aliphatic hydroxyl groups excluding tert-OH is 1. The number of aryl methyl sites for hydroxylation is 1. The second kappa shape index (κ2) is 21.9. The van der Waals surface area contributed by atoms with Gasteiger partial charge in [-0.3, -0.25) is 19.3 Å². The third kappa shape index (κ3) is 12.8. The molecule has 12 nitrogen and oxygen atoms in total. The number of piperidine rings is 1. The molecule has 12 heteroatoms. The van der Waals surface area contributed by atoms with E-state index in [0.717, 1.165) is 94.4 Å². The third-order valence-corrected chi connectivity index (χ3v) is 10.7. The topological polar surface area (TPSA) is 166 Å². The number of phenolic OH excluding ortho intramolecular Hbond substituents is 1. The fraction of sp³-hybridized carbons (Fsp3) is 0.413. The number of H-pyrrole nitrogens is 1. The van der Waals surface area contributed by atoms with Crippen LogP contribution in [-0.2, 0) is 28.9 Å². The standard InChI is InChI=1S/C46H56N4O8/c51-41-18-16-39(40-17-19-43(53)49-45(40)41)42(52)30-47-22-5-1-2-6-26-56-37-14-7-12-36(28-37)46(55)48-23-8-13-34-10-3-4-11-35(34)29-44(54)58-32-33-20-24-50(25-21-33)31-38-15-9-27-57-38/h3-4,7,9-12,14-19,27-28,33,42,47,51-52H,1-2,5-6,8,13,20-26,29-32H2,(H,48,55)(H,49,53)/t42-/m0/s1. The number of hydrogen-bond acceptors (Lipinski definition) is 10. The average molecular weight is 793 g/mol. The molecular weight excluding hydrogens is 737 g/mol. The van der Waals surface area contributed by atoms with E-state index in [1.54, 1.807) is 30.5 Å². The number of fused-ring (bicyclic) bond motifs is 1. The summed E-state index contributed by atoms with van der Waals surface area (Å²) in [7, 11) is 0. The molecular formula is C46H56N4O8. The number of phenols is 1. The summed E-state index contributed by atoms with van der Waals surface area (Å²) in [5.41, 5.74) is 3.25. The Balaban J connectivity index is 0.813. The van der Waals surface area contributed by atoms with Crippen molar-refractivity contribution in [1.29, 1.82) is 0 Å². The van der Waals surface area contributed by atoms with Gasteiger partial charge in [-0.25, -0.2) is 0 Å². The fourth-order valence-electron chi connectivity index (χ4n) is 7.43. The lowest BCUT2D eigenvalue weighted by molar-refractivity contribution is -0.144. The molecule has 3 aromatic carbocycles. The van der Waals surface area contributed by atoms with Crippen LogP contribution in [0.3, 0.4) is 0 Å². The smallest absolute Gasteiger partial charge is 0.310 e. The number of ether oxygens (including phenoxy) is 2. The van der Waals surface area contributed by atoms with Crippen molar-refractivity contribution in [2.24, 2.45) is 5.92 Å². The molecule has 1 saturated heterocycles. The summed E-state index contributed by atoms with van der Waals surface area (Å²) >= 11 is 0. The van der Waals surface area contributed by atoms with Gasteiger partial charge in [0, 0.05) is 30.1 Å². The minimum atomic E-state index is -0.782. The molecule has 5 N–H and O–H groups in total. The zero-order chi connectivity index (χ0) is 40.5. The first-order chi connectivity index (χ1) is 28.3. The van der Waals surface area contributed by atoms with Gasteiger partial charge in [-0.05, 0) is 123 Å². The maximum absolute atomic E-state index is 12.9. The van der Waals surface area contributed by atoms with E-state index in [9.17, 15) is 24.6 Å². The summed E-state index contributed by atoms with van der Waals surface area (Å²) in [5, 5.41) is 27.7. The van der Waals surface area contributed by atoms with Crippen molar-refractivity contribution in [3.63, 3.8) is 0 Å². The molecule has 0 saturated carbocycles. The minimum Gasteiger partial charge on any atom is -0.506 e. The summed E-state index contributed by atoms with van der Waals surface area (Å²) < 4.78 is 17.1. The number of aliphatic hydroxyl groups is 1. The van der Waals surface area contributed by atoms with Crippen molar-refractivity contribution >= 4 is 22.8 Å². The number of aromatic amines is 1. The van der Waals surface area contributed by atoms with E-state index in [1.807, 2.05) is 48.5 Å². The van der Waals surface area contributed by atoms with Gasteiger partial charge in [-0.15, -0.1) is 0 Å². The Hall–Kier alpha value is -5.43. The first kappa shape index (κ1) is 42.2. The molecule has 1 fully saturated rings. The average Bonchev–Trinajstić information content (AvgIpc) is 3.75. The number of rotatable bonds is 22. The molecule has 1 atom stereocenters. The maximum atomic E-state index is 12.9. The second-order valence-electron chi connectivity index (χ2n) is 15.1. The van der Waals surface area contributed by atoms with Crippen LogP contribution in [-0.4, -0.2) is 77.9 Å². The van der Waals surface area contributed by atoms with Crippen molar-refractivity contribution in [2.75, 3.05) is 45.9 Å². The largest absolute Gasteiger partial charge is 0.506 e. The molecule has 3 heterocycles. The molecule has 308 valence electrons. The number of aromatic hydroxyl groups is 1. The van der Waals surface area contributed by atoms with Gasteiger partial charge in [0.2, 0.25) is 5.56 Å². The van der Waals surface area contributed by atoms with Gasteiger partial charge >= 0.3 is 5.97 Å². The van der Waals surface area contributed by atoms with Crippen LogP contribution >= 0.6 is 0 Å². The number of nitrogens with one attached hydrogen (secondary N) is 3. The number of benzene rings is 3. The summed E-state index contributed by atoms with van der Waals surface area (Å²) in [4.78, 5) is 42.4. The molecule has 1 aliphatic heterocycles. The number of aromatic nitrogens is 1. The van der Waals surface area contributed by atoms with Crippen molar-refractivity contribution in [1.82, 2.24) is 20.5 Å². The number of amides is 1. The van der Waals surface area contributed by atoms with Crippen LogP contribution in [0.2, 0.25) is 0 Å². The summed E-state index contributed by atoms with van der Waals surface area (Å²) in [5.74, 6) is 1.62. The molecule has 58 heavy (non-hydrogen) atoms. The lowest BCUT2D eigenvalue weighted by Crippen LogP contribution is -2.35. The van der Waals surface area contributed by atoms with Gasteiger partial charge in [-0.2, -0.15) is 0 Å². The molecule has 0 bridgehead atoms. The van der Waals surface area contributed by atoms with Crippen LogP contribution in [0.5, 0.6) is 11.5 Å². The van der Waals surface area contributed by atoms with E-state index in [1.165, 1.54) is 12.1 Å². The van der Waals surface area contributed by atoms with Crippen molar-refractivity contribution in [3.05, 3.63) is 130 Å². The first-order valence-electron chi connectivity index (χ1n) is 20.5. The Morgan fingerprint density at radius 1 is 0.897 bits per heavy atom. The monoisotopic (exact) mass is 792 g/mol. The number of esters is 1. The molecule has 2 aromatic heterocycles. The van der Waals surface area contributed by atoms with Crippen LogP contribution < -0.4 is 20.9 Å². The van der Waals surface area contributed by atoms with E-state index < -0.39 is 6.10 Å². The Bertz CT molecular complexity index is 2110. The Labute approximate surface area is 339 Å². The van der Waals surface area contributed by atoms with E-state index in [-0.39, 0.29) is 29.6 Å². The summed E-state index contributed by atoms with van der Waals surface area (Å²) in [6, 6.07) is 25.2. The Morgan fingerprint density at radius 2 is 1.72 bits per heavy atom. The number of hydrogen-bond donors (Lipinski definition) is 5. The van der Waals surface area contributed by atoms with Crippen molar-refractivity contribution in [2.45, 2.75) is 70.4 Å². The van der Waals surface area contributed by atoms with Gasteiger partial charge in [0.25, 0.3) is 5.91 Å². The number of pyridine rings is 1. The molecule has 0 radical (unpaired) electrons. The molecule has 6 rings (SSSR count). The Kier molecular flexibility index (Phi) is 15.9. The number of carbonyl (C=O) groups excluding carboxylic acids is 2. The van der Waals surface area contributed by atoms with E-state index >= 15 is 0 Å². The predicted octanol–water partition coefficient (Wildman–Crippen LogP) is 6.45. The Morgan fingerprint density at radius 3 is 2.55 bits per heavy atom. The SMILES string of the molecule is O=C(Cc1ccccc1CCCNC(=O)c1cccc(OCCCCCCNC[C@H](O)c2ccc(O)c3[nH]c(=O)ccc23)c1)OCC1CCN(Cc2ccco2)CC1. The maximum Gasteiger partial charge on any atom is 0.310 e. The molecule has 5 aromatic rings. The van der Waals surface area contributed by atoms with Gasteiger partial charge in [0.1, 0.15) is 17.3 Å². The molecule has 1 amide bonds. The normalized spacial score (nSPS) is 14.0. The second-order valence-corrected chi connectivity index (χ2v) is 15.1. The van der Waals surface area contributed by atoms with Crippen LogP contribution in [0.4, 0.5) is 0 Å². The highest BCUT2D eigenvalue weighted by atomic mass is 16.5. The fourth-order valence-corrected chi connectivity index (χ4v) is 7.43. The van der Waals surface area contributed by atoms with Gasteiger partial charge in [0.15, 0.2) is 0 Å². The van der Waals surface area contributed by atoms with E-state index in [2.05, 4.69) is 20.5 Å². The highest BCUT2D eigenvalue weighted by Gasteiger charge is 2.22. The van der Waals surface area contributed by atoms with Crippen LogP contribution in [0.25, 0.3) is 10.9 Å². The van der Waals surface area contributed by atoms with Crippen LogP contribution in [0.15, 0.2) is 100 Å². The quantitative estimate of drug-likeness (QED) is 0.0389. The van der Waals surface area contributed by atoms with Gasteiger partial charge in [-0.1, -0.05) is 49.2 Å². The predicted molar refractivity (Wildman–Crippen MR) is 223 cm³/mol. The number of likely N-dealkylation sites (tertiary alicyclic amines) is 1. The lowest BCUT2D eigenvalue weighted by Gasteiger charge is -2.31. The molecule has 0 unspecified atom stereocenters. The van der Waals surface area contributed by atoms with Crippen molar-refractivity contribution < 1.29 is 33.7 Å².